The number of nitrogens with two attached hydrogens (primary N) is 1. The lowest BCUT2D eigenvalue weighted by atomic mass is 10.1. The Morgan fingerprint density at radius 1 is 1.38 bits per heavy atom. The summed E-state index contributed by atoms with van der Waals surface area (Å²) in [6.45, 7) is 9.59. The largest absolute Gasteiger partial charge is 0.338 e. The predicted molar refractivity (Wildman–Crippen MR) is 87.5 cm³/mol. The van der Waals surface area contributed by atoms with Gasteiger partial charge in [-0.25, -0.2) is 0 Å². The molecule has 0 fully saturated rings. The Hall–Kier alpha value is -0.950. The third kappa shape index (κ3) is 5.07. The van der Waals surface area contributed by atoms with E-state index in [2.05, 4.69) is 46.4 Å². The average Bonchev–Trinajstić information content (AvgIpc) is 2.97. The molecule has 0 aliphatic heterocycles. The van der Waals surface area contributed by atoms with Gasteiger partial charge in [-0.05, 0) is 39.1 Å². The van der Waals surface area contributed by atoms with Crippen LogP contribution in [0.2, 0.25) is 0 Å². The third-order valence-electron chi connectivity index (χ3n) is 3.05. The zero-order valence-corrected chi connectivity index (χ0v) is 14.5. The summed E-state index contributed by atoms with van der Waals surface area (Å²) in [5, 5.41) is 6.05. The molecule has 21 heavy (non-hydrogen) atoms. The first-order valence-electron chi connectivity index (χ1n) is 6.74. The summed E-state index contributed by atoms with van der Waals surface area (Å²) in [7, 11) is 0. The summed E-state index contributed by atoms with van der Waals surface area (Å²) in [5.41, 5.74) is 5.40. The van der Waals surface area contributed by atoms with Crippen LogP contribution >= 0.6 is 23.7 Å². The normalized spacial score (nSPS) is 12.0. The molecule has 2 aromatic rings. The van der Waals surface area contributed by atoms with Crippen LogP contribution in [0, 0.1) is 0 Å². The first kappa shape index (κ1) is 18.1. The molecule has 0 saturated carbocycles. The minimum atomic E-state index is -0.571. The lowest BCUT2D eigenvalue weighted by molar-refractivity contribution is 0.178. The van der Waals surface area contributed by atoms with Gasteiger partial charge in [0.2, 0.25) is 5.89 Å². The van der Waals surface area contributed by atoms with E-state index in [4.69, 9.17) is 10.3 Å². The van der Waals surface area contributed by atoms with Crippen molar-refractivity contribution in [1.29, 1.82) is 0 Å². The van der Waals surface area contributed by atoms with Crippen LogP contribution in [0.25, 0.3) is 0 Å². The molecule has 0 amide bonds. The maximum Gasteiger partial charge on any atom is 0.240 e. The van der Waals surface area contributed by atoms with Crippen molar-refractivity contribution in [2.24, 2.45) is 5.73 Å². The molecule has 0 aliphatic rings. The molecule has 0 atom stereocenters. The van der Waals surface area contributed by atoms with E-state index < -0.39 is 5.54 Å². The molecule has 2 N–H and O–H groups in total. The molecule has 0 saturated heterocycles. The van der Waals surface area contributed by atoms with Crippen molar-refractivity contribution < 1.29 is 4.52 Å². The van der Waals surface area contributed by atoms with E-state index in [0.717, 1.165) is 6.54 Å². The fraction of sp³-hybridized carbons (Fsp3) is 0.571. The first-order valence-corrected chi connectivity index (χ1v) is 7.62. The van der Waals surface area contributed by atoms with Gasteiger partial charge < -0.3 is 10.3 Å². The molecule has 2 rings (SSSR count). The Bertz CT molecular complexity index is 533. The van der Waals surface area contributed by atoms with Gasteiger partial charge in [-0.3, -0.25) is 4.90 Å². The van der Waals surface area contributed by atoms with Crippen LogP contribution in [0.15, 0.2) is 22.0 Å². The number of halogens is 1. The predicted octanol–water partition coefficient (Wildman–Crippen LogP) is 3.16. The minimum Gasteiger partial charge on any atom is -0.338 e. The van der Waals surface area contributed by atoms with Gasteiger partial charge in [0.15, 0.2) is 5.82 Å². The Morgan fingerprint density at radius 3 is 2.57 bits per heavy atom. The Labute approximate surface area is 135 Å². The highest BCUT2D eigenvalue weighted by atomic mass is 35.5. The van der Waals surface area contributed by atoms with Crippen LogP contribution in [-0.4, -0.2) is 21.1 Å². The number of hydrogen-bond acceptors (Lipinski definition) is 6. The van der Waals surface area contributed by atoms with Crippen LogP contribution in [0.3, 0.4) is 0 Å². The van der Waals surface area contributed by atoms with Crippen LogP contribution in [0.1, 0.15) is 44.3 Å². The molecule has 0 unspecified atom stereocenters. The quantitative estimate of drug-likeness (QED) is 0.881. The first-order chi connectivity index (χ1) is 9.36. The standard InChI is InChI=1S/C14H22N4OS.ClH/c1-10(2)18(8-11-6-5-7-20-11)9-12-16-13(17-19-12)14(3,4)15;/h5-7,10H,8-9,15H2,1-4H3;1H. The van der Waals surface area contributed by atoms with Crippen molar-refractivity contribution in [3.63, 3.8) is 0 Å². The molecule has 2 heterocycles. The summed E-state index contributed by atoms with van der Waals surface area (Å²) < 4.78 is 5.31. The van der Waals surface area contributed by atoms with E-state index in [-0.39, 0.29) is 12.4 Å². The molecule has 0 radical (unpaired) electrons. The van der Waals surface area contributed by atoms with Crippen molar-refractivity contribution >= 4 is 23.7 Å². The van der Waals surface area contributed by atoms with Gasteiger partial charge in [0.05, 0.1) is 12.1 Å². The smallest absolute Gasteiger partial charge is 0.240 e. The molecule has 0 bridgehead atoms. The Balaban J connectivity index is 0.00000220. The molecule has 7 heteroatoms. The van der Waals surface area contributed by atoms with Gasteiger partial charge in [0, 0.05) is 17.5 Å². The average molecular weight is 331 g/mol. The van der Waals surface area contributed by atoms with Gasteiger partial charge >= 0.3 is 0 Å². The van der Waals surface area contributed by atoms with E-state index >= 15 is 0 Å². The van der Waals surface area contributed by atoms with Gasteiger partial charge in [0.1, 0.15) is 0 Å². The second kappa shape index (κ2) is 7.35. The van der Waals surface area contributed by atoms with Crippen molar-refractivity contribution in [3.8, 4) is 0 Å². The van der Waals surface area contributed by atoms with Gasteiger partial charge in [0.25, 0.3) is 0 Å². The van der Waals surface area contributed by atoms with E-state index in [1.807, 2.05) is 13.8 Å². The summed E-state index contributed by atoms with van der Waals surface area (Å²) >= 11 is 1.76. The molecule has 0 spiro atoms. The topological polar surface area (TPSA) is 68.2 Å². The third-order valence-corrected chi connectivity index (χ3v) is 3.91. The fourth-order valence-electron chi connectivity index (χ4n) is 1.78. The number of hydrogen-bond donors (Lipinski definition) is 1. The maximum absolute atomic E-state index is 5.97. The van der Waals surface area contributed by atoms with Crippen LogP contribution in [0.4, 0.5) is 0 Å². The highest BCUT2D eigenvalue weighted by Crippen LogP contribution is 2.18. The van der Waals surface area contributed by atoms with Gasteiger partial charge in [-0.15, -0.1) is 23.7 Å². The maximum atomic E-state index is 5.97. The summed E-state index contributed by atoms with van der Waals surface area (Å²) in [4.78, 5) is 8.02. The van der Waals surface area contributed by atoms with E-state index in [9.17, 15) is 0 Å². The highest BCUT2D eigenvalue weighted by Gasteiger charge is 2.23. The Kier molecular flexibility index (Phi) is 6.34. The molecule has 5 nitrogen and oxygen atoms in total. The van der Waals surface area contributed by atoms with Crippen molar-refractivity contribution in [3.05, 3.63) is 34.1 Å². The lowest BCUT2D eigenvalue weighted by Gasteiger charge is -2.23. The number of rotatable bonds is 6. The summed E-state index contributed by atoms with van der Waals surface area (Å²) in [5.74, 6) is 1.16. The molecule has 0 aliphatic carbocycles. The number of thiophene rings is 1. The summed E-state index contributed by atoms with van der Waals surface area (Å²) in [6, 6.07) is 4.61. The van der Waals surface area contributed by atoms with E-state index in [1.165, 1.54) is 4.88 Å². The fourth-order valence-corrected chi connectivity index (χ4v) is 2.51. The second-order valence-corrected chi connectivity index (χ2v) is 6.84. The molecule has 0 aromatic carbocycles. The molecular formula is C14H23ClN4OS. The van der Waals surface area contributed by atoms with Crippen molar-refractivity contribution in [1.82, 2.24) is 15.0 Å². The van der Waals surface area contributed by atoms with Crippen LogP contribution in [0.5, 0.6) is 0 Å². The molecular weight excluding hydrogens is 308 g/mol. The minimum absolute atomic E-state index is 0. The van der Waals surface area contributed by atoms with E-state index in [0.29, 0.717) is 24.3 Å². The number of nitrogens with zero attached hydrogens (tertiary/aromatic N) is 3. The molecule has 2 aromatic heterocycles. The van der Waals surface area contributed by atoms with E-state index in [1.54, 1.807) is 11.3 Å². The Morgan fingerprint density at radius 2 is 2.10 bits per heavy atom. The monoisotopic (exact) mass is 330 g/mol. The number of aromatic nitrogens is 2. The van der Waals surface area contributed by atoms with Crippen LogP contribution in [-0.2, 0) is 18.6 Å². The zero-order chi connectivity index (χ0) is 14.8. The lowest BCUT2D eigenvalue weighted by Crippen LogP contribution is -2.31. The summed E-state index contributed by atoms with van der Waals surface area (Å²) in [6.07, 6.45) is 0. The SMILES string of the molecule is CC(C)N(Cc1nc(C(C)(C)N)no1)Cc1cccs1.Cl. The van der Waals surface area contributed by atoms with Gasteiger partial charge in [-0.1, -0.05) is 11.2 Å². The second-order valence-electron chi connectivity index (χ2n) is 5.81. The zero-order valence-electron chi connectivity index (χ0n) is 12.9. The van der Waals surface area contributed by atoms with Crippen LogP contribution < -0.4 is 5.73 Å². The molecule has 118 valence electrons. The van der Waals surface area contributed by atoms with Crippen molar-refractivity contribution in [2.75, 3.05) is 0 Å². The van der Waals surface area contributed by atoms with Gasteiger partial charge in [-0.2, -0.15) is 4.98 Å². The highest BCUT2D eigenvalue weighted by molar-refractivity contribution is 7.09. The van der Waals surface area contributed by atoms with Crippen molar-refractivity contribution in [2.45, 2.75) is 52.4 Å².